The second kappa shape index (κ2) is 6.72. The highest BCUT2D eigenvalue weighted by Gasteiger charge is 2.10. The lowest BCUT2D eigenvalue weighted by molar-refractivity contribution is 0.302. The summed E-state index contributed by atoms with van der Waals surface area (Å²) in [6, 6.07) is 8.32. The van der Waals surface area contributed by atoms with Crippen LogP contribution in [0.5, 0.6) is 5.75 Å². The van der Waals surface area contributed by atoms with E-state index >= 15 is 0 Å². The maximum atomic E-state index is 5.91. The zero-order valence-corrected chi connectivity index (χ0v) is 14.7. The number of imidazole rings is 1. The van der Waals surface area contributed by atoms with Crippen molar-refractivity contribution in [1.29, 1.82) is 0 Å². The molecule has 1 aromatic carbocycles. The van der Waals surface area contributed by atoms with Crippen molar-refractivity contribution in [2.45, 2.75) is 20.5 Å². The molecular weight excluding hydrogens is 314 g/mol. The molecule has 2 aromatic heterocycles. The molecule has 0 aliphatic carbocycles. The highest BCUT2D eigenvalue weighted by atomic mass is 16.5. The number of hydrogen-bond acceptors (Lipinski definition) is 5. The Labute approximate surface area is 147 Å². The normalized spacial score (nSPS) is 14.9. The fourth-order valence-corrected chi connectivity index (χ4v) is 3.26. The number of hydrogen-bond donors (Lipinski definition) is 1. The summed E-state index contributed by atoms with van der Waals surface area (Å²) in [4.78, 5) is 11.5. The van der Waals surface area contributed by atoms with Gasteiger partial charge in [0.1, 0.15) is 12.4 Å². The molecule has 1 N–H and O–H groups in total. The van der Waals surface area contributed by atoms with Gasteiger partial charge in [-0.15, -0.1) is 0 Å². The van der Waals surface area contributed by atoms with Gasteiger partial charge < -0.3 is 19.4 Å². The van der Waals surface area contributed by atoms with Crippen LogP contribution in [0.15, 0.2) is 36.7 Å². The number of aryl methyl sites for hydroxylation is 2. The largest absolute Gasteiger partial charge is 0.487 e. The first kappa shape index (κ1) is 15.9. The summed E-state index contributed by atoms with van der Waals surface area (Å²) in [6.07, 6.45) is 3.99. The van der Waals surface area contributed by atoms with E-state index < -0.39 is 0 Å². The Hall–Kier alpha value is -2.60. The molecule has 1 saturated heterocycles. The van der Waals surface area contributed by atoms with Gasteiger partial charge in [0.05, 0.1) is 17.1 Å². The van der Waals surface area contributed by atoms with E-state index in [0.29, 0.717) is 6.61 Å². The summed E-state index contributed by atoms with van der Waals surface area (Å²) >= 11 is 0. The van der Waals surface area contributed by atoms with Crippen LogP contribution in [-0.4, -0.2) is 40.5 Å². The average Bonchev–Trinajstić information content (AvgIpc) is 3.04. The number of anilines is 1. The lowest BCUT2D eigenvalue weighted by Crippen LogP contribution is -2.43. The molecule has 1 fully saturated rings. The lowest BCUT2D eigenvalue weighted by Gasteiger charge is -2.29. The van der Waals surface area contributed by atoms with E-state index in [4.69, 9.17) is 4.74 Å². The fourth-order valence-electron chi connectivity index (χ4n) is 3.26. The minimum Gasteiger partial charge on any atom is -0.487 e. The van der Waals surface area contributed by atoms with Gasteiger partial charge in [0.2, 0.25) is 0 Å². The zero-order valence-electron chi connectivity index (χ0n) is 14.7. The van der Waals surface area contributed by atoms with Gasteiger partial charge in [-0.05, 0) is 38.1 Å². The standard InChI is InChI=1S/C19H23N5O/c1-14-11-24-12-16(22-19(24)15(2)21-14)13-25-18-5-3-17(4-6-18)23-9-7-20-8-10-23/h3-6,11-12,20H,7-10,13H2,1-2H3. The second-order valence-corrected chi connectivity index (χ2v) is 6.45. The van der Waals surface area contributed by atoms with Crippen LogP contribution < -0.4 is 15.0 Å². The van der Waals surface area contributed by atoms with E-state index in [1.807, 2.05) is 42.8 Å². The molecule has 0 atom stereocenters. The summed E-state index contributed by atoms with van der Waals surface area (Å²) in [7, 11) is 0. The molecule has 1 aliphatic heterocycles. The van der Waals surface area contributed by atoms with Crippen molar-refractivity contribution < 1.29 is 4.74 Å². The van der Waals surface area contributed by atoms with E-state index in [-0.39, 0.29) is 0 Å². The van der Waals surface area contributed by atoms with Crippen molar-refractivity contribution >= 4 is 11.3 Å². The number of ether oxygens (including phenoxy) is 1. The third-order valence-electron chi connectivity index (χ3n) is 4.48. The van der Waals surface area contributed by atoms with E-state index in [1.54, 1.807) is 0 Å². The molecule has 3 heterocycles. The Morgan fingerprint density at radius 2 is 1.80 bits per heavy atom. The number of fused-ring (bicyclic) bond motifs is 1. The van der Waals surface area contributed by atoms with Crippen LogP contribution in [-0.2, 0) is 6.61 Å². The molecular formula is C19H23N5O. The van der Waals surface area contributed by atoms with Crippen molar-refractivity contribution in [3.05, 3.63) is 53.7 Å². The monoisotopic (exact) mass is 337 g/mol. The van der Waals surface area contributed by atoms with E-state index in [2.05, 4.69) is 32.3 Å². The minimum absolute atomic E-state index is 0.452. The quantitative estimate of drug-likeness (QED) is 0.792. The maximum absolute atomic E-state index is 5.91. The molecule has 3 aromatic rings. The van der Waals surface area contributed by atoms with Gasteiger partial charge in [0, 0.05) is 44.3 Å². The van der Waals surface area contributed by atoms with Crippen LogP contribution >= 0.6 is 0 Å². The number of nitrogens with zero attached hydrogens (tertiary/aromatic N) is 4. The molecule has 0 radical (unpaired) electrons. The van der Waals surface area contributed by atoms with Crippen molar-refractivity contribution in [3.63, 3.8) is 0 Å². The molecule has 0 spiro atoms. The molecule has 25 heavy (non-hydrogen) atoms. The molecule has 0 bridgehead atoms. The van der Waals surface area contributed by atoms with Crippen LogP contribution in [0.25, 0.3) is 5.65 Å². The Morgan fingerprint density at radius 3 is 2.56 bits per heavy atom. The number of benzene rings is 1. The summed E-state index contributed by atoms with van der Waals surface area (Å²) < 4.78 is 7.92. The maximum Gasteiger partial charge on any atom is 0.158 e. The van der Waals surface area contributed by atoms with Crippen LogP contribution in [0.4, 0.5) is 5.69 Å². The average molecular weight is 337 g/mol. The molecule has 1 aliphatic rings. The van der Waals surface area contributed by atoms with Crippen LogP contribution in [0, 0.1) is 13.8 Å². The number of nitrogens with one attached hydrogen (secondary N) is 1. The summed E-state index contributed by atoms with van der Waals surface area (Å²) in [5.41, 5.74) is 4.96. The molecule has 130 valence electrons. The highest BCUT2D eigenvalue weighted by molar-refractivity contribution is 5.49. The minimum atomic E-state index is 0.452. The fraction of sp³-hybridized carbons (Fsp3) is 0.368. The molecule has 0 unspecified atom stereocenters. The number of aromatic nitrogens is 3. The van der Waals surface area contributed by atoms with Crippen molar-refractivity contribution in [2.24, 2.45) is 0 Å². The summed E-state index contributed by atoms with van der Waals surface area (Å²) in [5, 5.41) is 3.37. The molecule has 6 nitrogen and oxygen atoms in total. The predicted molar refractivity (Wildman–Crippen MR) is 98.3 cm³/mol. The third-order valence-corrected chi connectivity index (χ3v) is 4.48. The summed E-state index contributed by atoms with van der Waals surface area (Å²) in [5.74, 6) is 0.863. The van der Waals surface area contributed by atoms with Crippen molar-refractivity contribution in [2.75, 3.05) is 31.1 Å². The van der Waals surface area contributed by atoms with Crippen LogP contribution in [0.3, 0.4) is 0 Å². The van der Waals surface area contributed by atoms with E-state index in [0.717, 1.165) is 54.7 Å². The first-order valence-corrected chi connectivity index (χ1v) is 8.69. The number of rotatable bonds is 4. The topological polar surface area (TPSA) is 54.7 Å². The first-order chi connectivity index (χ1) is 12.2. The Balaban J connectivity index is 1.43. The SMILES string of the molecule is Cc1cn2cc(COc3ccc(N4CCNCC4)cc3)nc2c(C)n1. The molecule has 4 rings (SSSR count). The van der Waals surface area contributed by atoms with Crippen molar-refractivity contribution in [3.8, 4) is 5.75 Å². The van der Waals surface area contributed by atoms with Gasteiger partial charge in [0.15, 0.2) is 5.65 Å². The first-order valence-electron chi connectivity index (χ1n) is 8.69. The van der Waals surface area contributed by atoms with Gasteiger partial charge in [-0.1, -0.05) is 0 Å². The van der Waals surface area contributed by atoms with Crippen molar-refractivity contribution in [1.82, 2.24) is 19.7 Å². The predicted octanol–water partition coefficient (Wildman–Crippen LogP) is 2.33. The van der Waals surface area contributed by atoms with Gasteiger partial charge in [-0.2, -0.15) is 0 Å². The Bertz CT molecular complexity index is 865. The van der Waals surface area contributed by atoms with E-state index in [1.165, 1.54) is 5.69 Å². The van der Waals surface area contributed by atoms with Crippen LogP contribution in [0.2, 0.25) is 0 Å². The number of piperazine rings is 1. The van der Waals surface area contributed by atoms with Gasteiger partial charge >= 0.3 is 0 Å². The van der Waals surface area contributed by atoms with E-state index in [9.17, 15) is 0 Å². The smallest absolute Gasteiger partial charge is 0.158 e. The molecule has 6 heteroatoms. The molecule has 0 amide bonds. The second-order valence-electron chi connectivity index (χ2n) is 6.45. The van der Waals surface area contributed by atoms with Crippen LogP contribution in [0.1, 0.15) is 17.1 Å². The Kier molecular flexibility index (Phi) is 4.28. The highest BCUT2D eigenvalue weighted by Crippen LogP contribution is 2.21. The van der Waals surface area contributed by atoms with Gasteiger partial charge in [-0.25, -0.2) is 4.98 Å². The van der Waals surface area contributed by atoms with Gasteiger partial charge in [-0.3, -0.25) is 4.98 Å². The lowest BCUT2D eigenvalue weighted by atomic mass is 10.2. The molecule has 0 saturated carbocycles. The van der Waals surface area contributed by atoms with Gasteiger partial charge in [0.25, 0.3) is 0 Å². The zero-order chi connectivity index (χ0) is 17.2. The third kappa shape index (κ3) is 3.44. The summed E-state index contributed by atoms with van der Waals surface area (Å²) in [6.45, 7) is 8.60. The Morgan fingerprint density at radius 1 is 1.04 bits per heavy atom.